The van der Waals surface area contributed by atoms with Crippen LogP contribution in [0.4, 0.5) is 10.1 Å². The molecule has 0 radical (unpaired) electrons. The molecule has 0 atom stereocenters. The third-order valence-corrected chi connectivity index (χ3v) is 2.59. The highest BCUT2D eigenvalue weighted by Crippen LogP contribution is 2.25. The lowest BCUT2D eigenvalue weighted by molar-refractivity contribution is 0.443. The fourth-order valence-corrected chi connectivity index (χ4v) is 1.52. The molecule has 0 aromatic heterocycles. The van der Waals surface area contributed by atoms with E-state index in [9.17, 15) is 4.39 Å². The predicted octanol–water partition coefficient (Wildman–Crippen LogP) is 3.10. The van der Waals surface area contributed by atoms with Crippen LogP contribution in [0, 0.1) is 12.7 Å². The van der Waals surface area contributed by atoms with Crippen LogP contribution in [-0.2, 0) is 0 Å². The zero-order chi connectivity index (χ0) is 9.26. The smallest absolute Gasteiger partial charge is 0.146 e. The van der Waals surface area contributed by atoms with E-state index >= 15 is 0 Å². The first-order valence-electron chi connectivity index (χ1n) is 4.78. The summed E-state index contributed by atoms with van der Waals surface area (Å²) in [4.78, 5) is 0. The van der Waals surface area contributed by atoms with Crippen molar-refractivity contribution >= 4 is 5.69 Å². The highest BCUT2D eigenvalue weighted by Gasteiger charge is 2.17. The van der Waals surface area contributed by atoms with Crippen LogP contribution in [0.1, 0.15) is 24.8 Å². The number of aryl methyl sites for hydroxylation is 1. The van der Waals surface area contributed by atoms with Crippen LogP contribution in [0.5, 0.6) is 0 Å². The first-order valence-corrected chi connectivity index (χ1v) is 4.78. The second-order valence-electron chi connectivity index (χ2n) is 3.76. The van der Waals surface area contributed by atoms with Gasteiger partial charge in [-0.05, 0) is 43.9 Å². The second kappa shape index (κ2) is 3.36. The van der Waals surface area contributed by atoms with Crippen molar-refractivity contribution in [1.82, 2.24) is 0 Å². The largest absolute Gasteiger partial charge is 0.380 e. The van der Waals surface area contributed by atoms with Crippen LogP contribution in [0.25, 0.3) is 0 Å². The summed E-state index contributed by atoms with van der Waals surface area (Å²) in [7, 11) is 0. The lowest BCUT2D eigenvalue weighted by Gasteiger charge is -2.27. The van der Waals surface area contributed by atoms with Crippen LogP contribution in [0.2, 0.25) is 0 Å². The highest BCUT2D eigenvalue weighted by molar-refractivity contribution is 5.48. The minimum Gasteiger partial charge on any atom is -0.380 e. The van der Waals surface area contributed by atoms with Gasteiger partial charge in [-0.15, -0.1) is 0 Å². The summed E-state index contributed by atoms with van der Waals surface area (Å²) in [6, 6.07) is 5.68. The fourth-order valence-electron chi connectivity index (χ4n) is 1.52. The lowest BCUT2D eigenvalue weighted by Crippen LogP contribution is -2.27. The van der Waals surface area contributed by atoms with Gasteiger partial charge >= 0.3 is 0 Å². The molecule has 0 aliphatic heterocycles. The van der Waals surface area contributed by atoms with Gasteiger partial charge in [0.2, 0.25) is 0 Å². The van der Waals surface area contributed by atoms with E-state index in [-0.39, 0.29) is 5.82 Å². The van der Waals surface area contributed by atoms with Crippen LogP contribution in [0.15, 0.2) is 18.2 Å². The average molecular weight is 179 g/mol. The molecular weight excluding hydrogens is 165 g/mol. The normalized spacial score (nSPS) is 16.8. The molecular formula is C11H14FN. The summed E-state index contributed by atoms with van der Waals surface area (Å²) >= 11 is 0. The zero-order valence-electron chi connectivity index (χ0n) is 7.81. The third kappa shape index (κ3) is 1.82. The van der Waals surface area contributed by atoms with Gasteiger partial charge in [0.25, 0.3) is 0 Å². The van der Waals surface area contributed by atoms with Gasteiger partial charge in [-0.25, -0.2) is 4.39 Å². The summed E-state index contributed by atoms with van der Waals surface area (Å²) in [6.07, 6.45) is 3.62. The molecule has 1 N–H and O–H groups in total. The molecule has 1 nitrogen and oxygen atoms in total. The number of anilines is 1. The maximum absolute atomic E-state index is 13.2. The van der Waals surface area contributed by atoms with Crippen molar-refractivity contribution < 1.29 is 4.39 Å². The van der Waals surface area contributed by atoms with Gasteiger partial charge in [-0.1, -0.05) is 6.07 Å². The van der Waals surface area contributed by atoms with Crippen molar-refractivity contribution in [2.75, 3.05) is 5.32 Å². The SMILES string of the molecule is Cc1ccc(F)c(NC2CCC2)c1. The quantitative estimate of drug-likeness (QED) is 0.735. The topological polar surface area (TPSA) is 12.0 Å². The monoisotopic (exact) mass is 179 g/mol. The van der Waals surface area contributed by atoms with Gasteiger partial charge in [0.05, 0.1) is 5.69 Å². The second-order valence-corrected chi connectivity index (χ2v) is 3.76. The average Bonchev–Trinajstić information content (AvgIpc) is 2.03. The summed E-state index contributed by atoms with van der Waals surface area (Å²) in [5.74, 6) is -0.141. The molecule has 13 heavy (non-hydrogen) atoms. The van der Waals surface area contributed by atoms with E-state index in [4.69, 9.17) is 0 Å². The molecule has 70 valence electrons. The van der Waals surface area contributed by atoms with Gasteiger partial charge in [-0.3, -0.25) is 0 Å². The van der Waals surface area contributed by atoms with E-state index < -0.39 is 0 Å². The molecule has 1 saturated carbocycles. The molecule has 0 saturated heterocycles. The summed E-state index contributed by atoms with van der Waals surface area (Å²) in [5.41, 5.74) is 1.76. The molecule has 0 spiro atoms. The lowest BCUT2D eigenvalue weighted by atomic mass is 9.93. The van der Waals surface area contributed by atoms with Gasteiger partial charge in [0, 0.05) is 6.04 Å². The van der Waals surface area contributed by atoms with E-state index in [0.717, 1.165) is 5.56 Å². The molecule has 0 bridgehead atoms. The van der Waals surface area contributed by atoms with E-state index in [0.29, 0.717) is 11.7 Å². The first kappa shape index (κ1) is 8.54. The Labute approximate surface area is 78.0 Å². The van der Waals surface area contributed by atoms with E-state index in [1.54, 1.807) is 6.07 Å². The molecule has 1 aromatic rings. The van der Waals surface area contributed by atoms with Crippen molar-refractivity contribution in [2.45, 2.75) is 32.2 Å². The Balaban J connectivity index is 2.13. The molecule has 0 amide bonds. The molecule has 1 aromatic carbocycles. The molecule has 0 unspecified atom stereocenters. The molecule has 1 aliphatic carbocycles. The molecule has 1 fully saturated rings. The van der Waals surface area contributed by atoms with Crippen molar-refractivity contribution in [3.05, 3.63) is 29.6 Å². The van der Waals surface area contributed by atoms with E-state index in [1.807, 2.05) is 13.0 Å². The van der Waals surface area contributed by atoms with E-state index in [1.165, 1.54) is 25.3 Å². The van der Waals surface area contributed by atoms with Crippen LogP contribution < -0.4 is 5.32 Å². The number of rotatable bonds is 2. The Morgan fingerprint density at radius 1 is 1.38 bits per heavy atom. The minimum atomic E-state index is -0.141. The molecule has 2 heteroatoms. The Morgan fingerprint density at radius 3 is 2.77 bits per heavy atom. The maximum atomic E-state index is 13.2. The van der Waals surface area contributed by atoms with Gasteiger partial charge in [-0.2, -0.15) is 0 Å². The standard InChI is InChI=1S/C11H14FN/c1-8-5-6-10(12)11(7-8)13-9-3-2-4-9/h5-7,9,13H,2-4H2,1H3. The number of benzene rings is 1. The van der Waals surface area contributed by atoms with E-state index in [2.05, 4.69) is 5.32 Å². The molecule has 1 aliphatic rings. The zero-order valence-corrected chi connectivity index (χ0v) is 7.81. The molecule has 2 rings (SSSR count). The van der Waals surface area contributed by atoms with Crippen LogP contribution in [-0.4, -0.2) is 6.04 Å². The van der Waals surface area contributed by atoms with Crippen molar-refractivity contribution in [3.8, 4) is 0 Å². The van der Waals surface area contributed by atoms with Gasteiger partial charge in [0.1, 0.15) is 5.82 Å². The summed E-state index contributed by atoms with van der Waals surface area (Å²) in [5, 5.41) is 3.21. The van der Waals surface area contributed by atoms with Crippen LogP contribution in [0.3, 0.4) is 0 Å². The minimum absolute atomic E-state index is 0.141. The van der Waals surface area contributed by atoms with Crippen molar-refractivity contribution in [3.63, 3.8) is 0 Å². The number of nitrogens with one attached hydrogen (secondary N) is 1. The van der Waals surface area contributed by atoms with Crippen LogP contribution >= 0.6 is 0 Å². The van der Waals surface area contributed by atoms with Gasteiger partial charge < -0.3 is 5.32 Å². The Morgan fingerprint density at radius 2 is 2.15 bits per heavy atom. The fraction of sp³-hybridized carbons (Fsp3) is 0.455. The molecule has 0 heterocycles. The van der Waals surface area contributed by atoms with Gasteiger partial charge in [0.15, 0.2) is 0 Å². The Kier molecular flexibility index (Phi) is 2.21. The number of halogens is 1. The third-order valence-electron chi connectivity index (χ3n) is 2.59. The summed E-state index contributed by atoms with van der Waals surface area (Å²) < 4.78 is 13.2. The summed E-state index contributed by atoms with van der Waals surface area (Å²) in [6.45, 7) is 1.98. The number of hydrogen-bond donors (Lipinski definition) is 1. The Bertz CT molecular complexity index is 305. The predicted molar refractivity (Wildman–Crippen MR) is 52.4 cm³/mol. The number of hydrogen-bond acceptors (Lipinski definition) is 1. The first-order chi connectivity index (χ1) is 6.25. The highest BCUT2D eigenvalue weighted by atomic mass is 19.1. The van der Waals surface area contributed by atoms with Crippen molar-refractivity contribution in [1.29, 1.82) is 0 Å². The Hall–Kier alpha value is -1.05. The van der Waals surface area contributed by atoms with Crippen molar-refractivity contribution in [2.24, 2.45) is 0 Å². The maximum Gasteiger partial charge on any atom is 0.146 e.